The molecular weight excluding hydrogens is 310 g/mol. The lowest BCUT2D eigenvalue weighted by Gasteiger charge is -2.21. The van der Waals surface area contributed by atoms with Crippen LogP contribution in [0.5, 0.6) is 5.75 Å². The summed E-state index contributed by atoms with van der Waals surface area (Å²) in [6.07, 6.45) is -0.944. The molecule has 2 rings (SSSR count). The predicted molar refractivity (Wildman–Crippen MR) is 82.1 cm³/mol. The van der Waals surface area contributed by atoms with Crippen LogP contribution in [-0.4, -0.2) is 26.2 Å². The summed E-state index contributed by atoms with van der Waals surface area (Å²) < 4.78 is 0. The largest absolute Gasteiger partial charge is 0.508 e. The second-order valence-corrected chi connectivity index (χ2v) is 5.12. The molecule has 1 aromatic carbocycles. The minimum absolute atomic E-state index is 0.0113. The summed E-state index contributed by atoms with van der Waals surface area (Å²) in [6.45, 7) is 1.66. The van der Waals surface area contributed by atoms with Gasteiger partial charge in [-0.05, 0) is 30.7 Å². The summed E-state index contributed by atoms with van der Waals surface area (Å²) in [7, 11) is 0. The Bertz CT molecular complexity index is 678. The normalized spacial score (nSPS) is 13.4. The van der Waals surface area contributed by atoms with E-state index in [2.05, 4.69) is 10.3 Å². The van der Waals surface area contributed by atoms with Crippen LogP contribution in [0.1, 0.15) is 18.6 Å². The van der Waals surface area contributed by atoms with Crippen molar-refractivity contribution in [3.05, 3.63) is 57.2 Å². The number of hydrogen-bond donors (Lipinski definition) is 3. The monoisotopic (exact) mass is 323 g/mol. The summed E-state index contributed by atoms with van der Waals surface area (Å²) in [6, 6.07) is 8.05. The van der Waals surface area contributed by atoms with Gasteiger partial charge in [-0.15, -0.1) is 0 Å². The number of aromatic nitrogens is 1. The third kappa shape index (κ3) is 3.63. The Labute approximate surface area is 131 Å². The van der Waals surface area contributed by atoms with Crippen LogP contribution in [0.15, 0.2) is 36.4 Å². The zero-order chi connectivity index (χ0) is 16.3. The first kappa shape index (κ1) is 16.0. The molecule has 0 aliphatic rings. The number of nitrogens with zero attached hydrogens (tertiary/aromatic N) is 2. The number of aliphatic hydroxyl groups is 1. The van der Waals surface area contributed by atoms with Gasteiger partial charge < -0.3 is 15.5 Å². The van der Waals surface area contributed by atoms with Gasteiger partial charge in [0.15, 0.2) is 0 Å². The summed E-state index contributed by atoms with van der Waals surface area (Å²) in [5, 5.41) is 33.4. The van der Waals surface area contributed by atoms with E-state index in [1.54, 1.807) is 19.1 Å². The number of aliphatic hydroxyl groups excluding tert-OH is 1. The average molecular weight is 324 g/mol. The van der Waals surface area contributed by atoms with Crippen molar-refractivity contribution in [1.82, 2.24) is 4.98 Å². The van der Waals surface area contributed by atoms with Crippen LogP contribution in [-0.2, 0) is 0 Å². The Morgan fingerprint density at radius 1 is 1.27 bits per heavy atom. The number of halogens is 1. The molecule has 1 aromatic heterocycles. The maximum Gasteiger partial charge on any atom is 0.311 e. The van der Waals surface area contributed by atoms with Crippen molar-refractivity contribution in [2.45, 2.75) is 19.1 Å². The van der Waals surface area contributed by atoms with Crippen LogP contribution in [0.25, 0.3) is 0 Å². The van der Waals surface area contributed by atoms with E-state index in [4.69, 9.17) is 11.6 Å². The molecule has 116 valence electrons. The third-order valence-corrected chi connectivity index (χ3v) is 3.32. The number of anilines is 1. The molecule has 2 unspecified atom stereocenters. The van der Waals surface area contributed by atoms with Crippen molar-refractivity contribution in [2.75, 3.05) is 5.32 Å². The molecule has 2 atom stereocenters. The lowest BCUT2D eigenvalue weighted by Crippen LogP contribution is -2.25. The van der Waals surface area contributed by atoms with Crippen LogP contribution in [0.3, 0.4) is 0 Å². The first-order valence-electron chi connectivity index (χ1n) is 6.43. The van der Waals surface area contributed by atoms with Crippen LogP contribution in [0.4, 0.5) is 11.5 Å². The van der Waals surface area contributed by atoms with E-state index in [0.717, 1.165) is 0 Å². The van der Waals surface area contributed by atoms with Crippen molar-refractivity contribution in [1.29, 1.82) is 0 Å². The van der Waals surface area contributed by atoms with Crippen LogP contribution >= 0.6 is 11.6 Å². The highest BCUT2D eigenvalue weighted by Crippen LogP contribution is 2.27. The maximum atomic E-state index is 11.0. The van der Waals surface area contributed by atoms with Gasteiger partial charge in [-0.3, -0.25) is 10.1 Å². The Morgan fingerprint density at radius 3 is 2.50 bits per heavy atom. The van der Waals surface area contributed by atoms with E-state index in [1.165, 1.54) is 24.3 Å². The van der Waals surface area contributed by atoms with Gasteiger partial charge in [0.1, 0.15) is 10.9 Å². The summed E-state index contributed by atoms with van der Waals surface area (Å²) in [5.41, 5.74) is 0.330. The van der Waals surface area contributed by atoms with Crippen molar-refractivity contribution < 1.29 is 15.1 Å². The molecule has 7 nitrogen and oxygen atoms in total. The number of pyridine rings is 1. The number of aromatic hydroxyl groups is 1. The first-order chi connectivity index (χ1) is 10.4. The van der Waals surface area contributed by atoms with Gasteiger partial charge >= 0.3 is 5.69 Å². The van der Waals surface area contributed by atoms with Gasteiger partial charge in [0.05, 0.1) is 17.1 Å². The molecule has 1 heterocycles. The summed E-state index contributed by atoms with van der Waals surface area (Å²) >= 11 is 5.75. The third-order valence-electron chi connectivity index (χ3n) is 3.11. The van der Waals surface area contributed by atoms with E-state index >= 15 is 0 Å². The Kier molecular flexibility index (Phi) is 4.79. The molecule has 0 saturated heterocycles. The molecule has 8 heteroatoms. The summed E-state index contributed by atoms with van der Waals surface area (Å²) in [4.78, 5) is 14.3. The Balaban J connectivity index is 2.21. The van der Waals surface area contributed by atoms with E-state index in [1.807, 2.05) is 0 Å². The smallest absolute Gasteiger partial charge is 0.311 e. The second-order valence-electron chi connectivity index (χ2n) is 4.73. The molecular formula is C14H14ClN3O4. The molecule has 0 spiro atoms. The van der Waals surface area contributed by atoms with Crippen molar-refractivity contribution in [2.24, 2.45) is 0 Å². The Morgan fingerprint density at radius 2 is 1.91 bits per heavy atom. The molecule has 0 aliphatic carbocycles. The first-order valence-corrected chi connectivity index (χ1v) is 6.80. The average Bonchev–Trinajstić information content (AvgIpc) is 2.47. The highest BCUT2D eigenvalue weighted by molar-refractivity contribution is 6.29. The minimum atomic E-state index is -0.944. The molecule has 22 heavy (non-hydrogen) atoms. The molecule has 0 radical (unpaired) electrons. The fourth-order valence-corrected chi connectivity index (χ4v) is 2.08. The quantitative estimate of drug-likeness (QED) is 0.443. The van der Waals surface area contributed by atoms with Gasteiger partial charge in [0.25, 0.3) is 0 Å². The van der Waals surface area contributed by atoms with Gasteiger partial charge in [-0.1, -0.05) is 23.7 Å². The lowest BCUT2D eigenvalue weighted by molar-refractivity contribution is -0.384. The van der Waals surface area contributed by atoms with Crippen LogP contribution in [0, 0.1) is 10.1 Å². The van der Waals surface area contributed by atoms with Crippen molar-refractivity contribution in [3.63, 3.8) is 0 Å². The van der Waals surface area contributed by atoms with Crippen molar-refractivity contribution >= 4 is 23.1 Å². The maximum absolute atomic E-state index is 11.0. The van der Waals surface area contributed by atoms with E-state index in [9.17, 15) is 20.3 Å². The Hall–Kier alpha value is -2.38. The van der Waals surface area contributed by atoms with E-state index in [0.29, 0.717) is 5.56 Å². The zero-order valence-electron chi connectivity index (χ0n) is 11.6. The zero-order valence-corrected chi connectivity index (χ0v) is 12.4. The number of rotatable bonds is 5. The number of hydrogen-bond acceptors (Lipinski definition) is 6. The standard InChI is InChI=1S/C14H14ClN3O4/c1-8(13(20)9-2-4-10(19)5-3-9)16-14-11(18(21)22)6-7-12(15)17-14/h2-8,13,19-20H,1H3,(H,16,17). The lowest BCUT2D eigenvalue weighted by atomic mass is 10.0. The highest BCUT2D eigenvalue weighted by Gasteiger charge is 2.22. The second kappa shape index (κ2) is 6.59. The number of nitro groups is 1. The molecule has 0 aliphatic heterocycles. The fraction of sp³-hybridized carbons (Fsp3) is 0.214. The van der Waals surface area contributed by atoms with Crippen molar-refractivity contribution in [3.8, 4) is 5.75 Å². The molecule has 0 bridgehead atoms. The van der Waals surface area contributed by atoms with Gasteiger partial charge in [-0.25, -0.2) is 4.98 Å². The minimum Gasteiger partial charge on any atom is -0.508 e. The fourth-order valence-electron chi connectivity index (χ4n) is 1.94. The van der Waals surface area contributed by atoms with E-state index < -0.39 is 17.1 Å². The van der Waals surface area contributed by atoms with Crippen LogP contribution in [0.2, 0.25) is 5.15 Å². The number of nitrogens with one attached hydrogen (secondary N) is 1. The van der Waals surface area contributed by atoms with Gasteiger partial charge in [0.2, 0.25) is 5.82 Å². The topological polar surface area (TPSA) is 109 Å². The van der Waals surface area contributed by atoms with Crippen LogP contribution < -0.4 is 5.32 Å². The van der Waals surface area contributed by atoms with Gasteiger partial charge in [-0.2, -0.15) is 0 Å². The number of phenolic OH excluding ortho intramolecular Hbond substituents is 1. The molecule has 0 saturated carbocycles. The summed E-state index contributed by atoms with van der Waals surface area (Å²) in [5.74, 6) is 0.0755. The highest BCUT2D eigenvalue weighted by atomic mass is 35.5. The SMILES string of the molecule is CC(Nc1nc(Cl)ccc1[N+](=O)[O-])C(O)c1ccc(O)cc1. The molecule has 0 amide bonds. The molecule has 3 N–H and O–H groups in total. The number of benzene rings is 1. The molecule has 0 fully saturated rings. The number of phenols is 1. The predicted octanol–water partition coefficient (Wildman–Crippen LogP) is 2.88. The van der Waals surface area contributed by atoms with Gasteiger partial charge in [0, 0.05) is 6.07 Å². The molecule has 2 aromatic rings. The van der Waals surface area contributed by atoms with E-state index in [-0.39, 0.29) is 22.4 Å².